The summed E-state index contributed by atoms with van der Waals surface area (Å²) in [5, 5.41) is 3.45. The molecular formula is C11H22N2S. The molecule has 3 heteroatoms. The van der Waals surface area contributed by atoms with Crippen LogP contribution in [0.5, 0.6) is 0 Å². The summed E-state index contributed by atoms with van der Waals surface area (Å²) in [6.07, 6.45) is 4.13. The van der Waals surface area contributed by atoms with Crippen molar-refractivity contribution in [1.29, 1.82) is 0 Å². The topological polar surface area (TPSA) is 15.3 Å². The maximum Gasteiger partial charge on any atom is 0.0197 e. The normalized spacial score (nSPS) is 30.0. The van der Waals surface area contributed by atoms with E-state index in [4.69, 9.17) is 0 Å². The third kappa shape index (κ3) is 2.44. The van der Waals surface area contributed by atoms with Crippen molar-refractivity contribution in [3.63, 3.8) is 0 Å². The van der Waals surface area contributed by atoms with E-state index < -0.39 is 0 Å². The second kappa shape index (κ2) is 5.38. The van der Waals surface area contributed by atoms with Crippen molar-refractivity contribution in [3.05, 3.63) is 0 Å². The fraction of sp³-hybridized carbons (Fsp3) is 1.00. The van der Waals surface area contributed by atoms with Crippen molar-refractivity contribution in [3.8, 4) is 0 Å². The molecule has 0 aromatic rings. The zero-order chi connectivity index (χ0) is 9.80. The largest absolute Gasteiger partial charge is 0.317 e. The van der Waals surface area contributed by atoms with Gasteiger partial charge in [-0.1, -0.05) is 6.92 Å². The molecule has 2 aliphatic heterocycles. The van der Waals surface area contributed by atoms with Crippen LogP contribution >= 0.6 is 11.8 Å². The standard InChI is InChI=1S/C11H22N2S/c1-2-13(11-5-8-14-9-11)10-3-6-12-7-4-10/h10-12H,2-9H2,1H3. The van der Waals surface area contributed by atoms with E-state index in [2.05, 4.69) is 28.9 Å². The zero-order valence-electron chi connectivity index (χ0n) is 9.17. The molecule has 1 atom stereocenters. The van der Waals surface area contributed by atoms with E-state index in [9.17, 15) is 0 Å². The third-order valence-electron chi connectivity index (χ3n) is 3.52. The van der Waals surface area contributed by atoms with Crippen molar-refractivity contribution in [1.82, 2.24) is 10.2 Å². The first kappa shape index (κ1) is 10.8. The predicted octanol–water partition coefficient (Wildman–Crippen LogP) is 1.57. The molecule has 0 bridgehead atoms. The maximum atomic E-state index is 3.45. The molecule has 2 saturated heterocycles. The van der Waals surface area contributed by atoms with Gasteiger partial charge >= 0.3 is 0 Å². The van der Waals surface area contributed by atoms with Gasteiger partial charge in [-0.15, -0.1) is 0 Å². The lowest BCUT2D eigenvalue weighted by atomic mass is 10.0. The number of piperidine rings is 1. The molecule has 14 heavy (non-hydrogen) atoms. The van der Waals surface area contributed by atoms with Crippen molar-refractivity contribution < 1.29 is 0 Å². The zero-order valence-corrected chi connectivity index (χ0v) is 9.98. The molecule has 2 rings (SSSR count). The molecule has 0 radical (unpaired) electrons. The lowest BCUT2D eigenvalue weighted by Crippen LogP contribution is -2.48. The Labute approximate surface area is 91.8 Å². The van der Waals surface area contributed by atoms with Gasteiger partial charge in [0.2, 0.25) is 0 Å². The Balaban J connectivity index is 1.89. The molecule has 2 heterocycles. The van der Waals surface area contributed by atoms with E-state index in [0.717, 1.165) is 12.1 Å². The highest BCUT2D eigenvalue weighted by molar-refractivity contribution is 7.99. The quantitative estimate of drug-likeness (QED) is 0.768. The summed E-state index contributed by atoms with van der Waals surface area (Å²) < 4.78 is 0. The number of rotatable bonds is 3. The van der Waals surface area contributed by atoms with Gasteiger partial charge < -0.3 is 5.32 Å². The Morgan fingerprint density at radius 2 is 2.00 bits per heavy atom. The lowest BCUT2D eigenvalue weighted by molar-refractivity contribution is 0.127. The highest BCUT2D eigenvalue weighted by atomic mass is 32.2. The van der Waals surface area contributed by atoms with Gasteiger partial charge in [0.25, 0.3) is 0 Å². The van der Waals surface area contributed by atoms with Gasteiger partial charge in [-0.3, -0.25) is 4.90 Å². The minimum Gasteiger partial charge on any atom is -0.317 e. The second-order valence-corrected chi connectivity index (χ2v) is 5.48. The van der Waals surface area contributed by atoms with Crippen LogP contribution in [-0.2, 0) is 0 Å². The average molecular weight is 214 g/mol. The van der Waals surface area contributed by atoms with Gasteiger partial charge in [-0.2, -0.15) is 11.8 Å². The SMILES string of the molecule is CCN(C1CCNCC1)C1CCSC1. The first-order valence-electron chi connectivity index (χ1n) is 5.96. The van der Waals surface area contributed by atoms with Gasteiger partial charge in [0.05, 0.1) is 0 Å². The average Bonchev–Trinajstić information content (AvgIpc) is 2.74. The molecule has 0 aliphatic carbocycles. The Hall–Kier alpha value is 0.270. The number of nitrogens with zero attached hydrogens (tertiary/aromatic N) is 1. The van der Waals surface area contributed by atoms with Crippen LogP contribution in [0.1, 0.15) is 26.2 Å². The van der Waals surface area contributed by atoms with Crippen molar-refractivity contribution in [2.24, 2.45) is 0 Å². The molecule has 1 N–H and O–H groups in total. The molecule has 82 valence electrons. The Morgan fingerprint density at radius 1 is 1.21 bits per heavy atom. The molecule has 0 amide bonds. The van der Waals surface area contributed by atoms with Crippen LogP contribution in [0.4, 0.5) is 0 Å². The second-order valence-electron chi connectivity index (χ2n) is 4.33. The number of hydrogen-bond donors (Lipinski definition) is 1. The molecule has 1 unspecified atom stereocenters. The van der Waals surface area contributed by atoms with E-state index >= 15 is 0 Å². The van der Waals surface area contributed by atoms with Gasteiger partial charge in [0.1, 0.15) is 0 Å². The molecule has 0 spiro atoms. The summed E-state index contributed by atoms with van der Waals surface area (Å²) in [7, 11) is 0. The number of thioether (sulfide) groups is 1. The highest BCUT2D eigenvalue weighted by Crippen LogP contribution is 2.26. The Kier molecular flexibility index (Phi) is 4.14. The van der Waals surface area contributed by atoms with Gasteiger partial charge in [-0.05, 0) is 44.6 Å². The summed E-state index contributed by atoms with van der Waals surface area (Å²) in [4.78, 5) is 2.76. The summed E-state index contributed by atoms with van der Waals surface area (Å²) in [5.74, 6) is 2.75. The summed E-state index contributed by atoms with van der Waals surface area (Å²) >= 11 is 2.13. The molecule has 2 nitrogen and oxygen atoms in total. The molecule has 0 saturated carbocycles. The summed E-state index contributed by atoms with van der Waals surface area (Å²) in [6, 6.07) is 1.75. The third-order valence-corrected chi connectivity index (χ3v) is 4.66. The van der Waals surface area contributed by atoms with Gasteiger partial charge in [-0.25, -0.2) is 0 Å². The summed E-state index contributed by atoms with van der Waals surface area (Å²) in [5.41, 5.74) is 0. The first-order chi connectivity index (χ1) is 6.92. The van der Waals surface area contributed by atoms with Gasteiger partial charge in [0.15, 0.2) is 0 Å². The van der Waals surface area contributed by atoms with Crippen molar-refractivity contribution in [2.75, 3.05) is 31.1 Å². The van der Waals surface area contributed by atoms with Crippen LogP contribution in [0.3, 0.4) is 0 Å². The minimum atomic E-state index is 0.866. The van der Waals surface area contributed by atoms with E-state index in [1.54, 1.807) is 0 Å². The Morgan fingerprint density at radius 3 is 2.57 bits per heavy atom. The van der Waals surface area contributed by atoms with E-state index in [0.29, 0.717) is 0 Å². The maximum absolute atomic E-state index is 3.45. The first-order valence-corrected chi connectivity index (χ1v) is 7.11. The Bertz CT molecular complexity index is 163. The van der Waals surface area contributed by atoms with Crippen LogP contribution < -0.4 is 5.32 Å². The van der Waals surface area contributed by atoms with Crippen molar-refractivity contribution in [2.45, 2.75) is 38.3 Å². The fourth-order valence-corrected chi connectivity index (χ4v) is 3.97. The summed E-state index contributed by atoms with van der Waals surface area (Å²) in [6.45, 7) is 6.02. The highest BCUT2D eigenvalue weighted by Gasteiger charge is 2.28. The van der Waals surface area contributed by atoms with E-state index in [-0.39, 0.29) is 0 Å². The molecule has 2 fully saturated rings. The van der Waals surface area contributed by atoms with Crippen LogP contribution in [0.25, 0.3) is 0 Å². The number of hydrogen-bond acceptors (Lipinski definition) is 3. The van der Waals surface area contributed by atoms with Crippen LogP contribution in [0, 0.1) is 0 Å². The minimum absolute atomic E-state index is 0.866. The molecule has 0 aromatic carbocycles. The molecule has 0 aromatic heterocycles. The van der Waals surface area contributed by atoms with Crippen LogP contribution in [0.15, 0.2) is 0 Å². The monoisotopic (exact) mass is 214 g/mol. The molecule has 2 aliphatic rings. The van der Waals surface area contributed by atoms with Crippen LogP contribution in [-0.4, -0.2) is 48.1 Å². The van der Waals surface area contributed by atoms with E-state index in [1.165, 1.54) is 50.4 Å². The number of nitrogens with one attached hydrogen (secondary N) is 1. The van der Waals surface area contributed by atoms with Crippen molar-refractivity contribution >= 4 is 11.8 Å². The lowest BCUT2D eigenvalue weighted by Gasteiger charge is -2.37. The van der Waals surface area contributed by atoms with E-state index in [1.807, 2.05) is 0 Å². The van der Waals surface area contributed by atoms with Gasteiger partial charge in [0, 0.05) is 17.8 Å². The molecular weight excluding hydrogens is 192 g/mol. The fourth-order valence-electron chi connectivity index (χ4n) is 2.74. The predicted molar refractivity (Wildman–Crippen MR) is 64.0 cm³/mol. The smallest absolute Gasteiger partial charge is 0.0197 e. The van der Waals surface area contributed by atoms with Crippen LogP contribution in [0.2, 0.25) is 0 Å².